The number of carbonyl (C=O) groups is 1. The van der Waals surface area contributed by atoms with Gasteiger partial charge in [-0.25, -0.2) is 4.79 Å². The van der Waals surface area contributed by atoms with Crippen LogP contribution >= 0.6 is 34.8 Å². The number of halogens is 3. The van der Waals surface area contributed by atoms with Crippen LogP contribution in [0.25, 0.3) is 0 Å². The van der Waals surface area contributed by atoms with E-state index in [4.69, 9.17) is 34.8 Å². The van der Waals surface area contributed by atoms with Gasteiger partial charge < -0.3 is 4.74 Å². The van der Waals surface area contributed by atoms with Gasteiger partial charge in [-0.05, 0) is 18.2 Å². The number of hydrogen-bond acceptors (Lipinski definition) is 2. The summed E-state index contributed by atoms with van der Waals surface area (Å²) in [5.41, 5.74) is 0.256. The van der Waals surface area contributed by atoms with Crippen molar-refractivity contribution in [3.8, 4) is 0 Å². The number of benzene rings is 1. The Morgan fingerprint density at radius 2 is 2.08 bits per heavy atom. The van der Waals surface area contributed by atoms with Crippen LogP contribution in [0, 0.1) is 0 Å². The third-order valence-electron chi connectivity index (χ3n) is 1.34. The fourth-order valence-electron chi connectivity index (χ4n) is 0.782. The third kappa shape index (κ3) is 2.76. The first kappa shape index (κ1) is 10.6. The number of carbonyl (C=O) groups excluding carboxylic acids is 1. The molecule has 70 valence electrons. The van der Waals surface area contributed by atoms with Crippen molar-refractivity contribution in [3.05, 3.63) is 33.8 Å². The van der Waals surface area contributed by atoms with Crippen molar-refractivity contribution in [1.29, 1.82) is 0 Å². The van der Waals surface area contributed by atoms with E-state index < -0.39 is 5.97 Å². The molecule has 0 saturated carbocycles. The van der Waals surface area contributed by atoms with Gasteiger partial charge in [0.25, 0.3) is 0 Å². The monoisotopic (exact) mass is 238 g/mol. The van der Waals surface area contributed by atoms with Gasteiger partial charge in [0.05, 0.1) is 10.6 Å². The lowest BCUT2D eigenvalue weighted by Crippen LogP contribution is -2.04. The predicted molar refractivity (Wildman–Crippen MR) is 52.6 cm³/mol. The molecule has 0 saturated heterocycles. The average molecular weight is 239 g/mol. The van der Waals surface area contributed by atoms with Crippen molar-refractivity contribution in [2.45, 2.75) is 0 Å². The highest BCUT2D eigenvalue weighted by Gasteiger charge is 2.10. The molecule has 0 radical (unpaired) electrons. The van der Waals surface area contributed by atoms with E-state index in [1.54, 1.807) is 6.07 Å². The number of rotatable bonds is 2. The minimum atomic E-state index is -0.559. The van der Waals surface area contributed by atoms with Crippen LogP contribution in [0.2, 0.25) is 10.0 Å². The van der Waals surface area contributed by atoms with Gasteiger partial charge in [-0.2, -0.15) is 0 Å². The highest BCUT2D eigenvalue weighted by molar-refractivity contribution is 6.36. The van der Waals surface area contributed by atoms with E-state index in [1.807, 2.05) is 0 Å². The minimum Gasteiger partial charge on any atom is -0.446 e. The van der Waals surface area contributed by atoms with Gasteiger partial charge in [0.1, 0.15) is 0 Å². The Morgan fingerprint density at radius 3 is 2.62 bits per heavy atom. The largest absolute Gasteiger partial charge is 0.446 e. The van der Waals surface area contributed by atoms with Gasteiger partial charge in [0.15, 0.2) is 6.07 Å². The predicted octanol–water partition coefficient (Wildman–Crippen LogP) is 3.35. The topological polar surface area (TPSA) is 26.3 Å². The van der Waals surface area contributed by atoms with E-state index in [0.29, 0.717) is 5.02 Å². The normalized spacial score (nSPS) is 9.77. The zero-order chi connectivity index (χ0) is 9.84. The molecule has 1 rings (SSSR count). The maximum Gasteiger partial charge on any atom is 0.340 e. The fraction of sp³-hybridized carbons (Fsp3) is 0.125. The van der Waals surface area contributed by atoms with Crippen LogP contribution in [0.3, 0.4) is 0 Å². The Balaban J connectivity index is 2.95. The summed E-state index contributed by atoms with van der Waals surface area (Å²) in [4.78, 5) is 11.1. The lowest BCUT2D eigenvalue weighted by molar-refractivity contribution is 0.0574. The van der Waals surface area contributed by atoms with Crippen molar-refractivity contribution in [2.24, 2.45) is 0 Å². The molecular formula is C8H5Cl3O2. The lowest BCUT2D eigenvalue weighted by atomic mass is 10.2. The summed E-state index contributed by atoms with van der Waals surface area (Å²) < 4.78 is 4.55. The summed E-state index contributed by atoms with van der Waals surface area (Å²) in [5.74, 6) is -0.559. The molecule has 5 heteroatoms. The van der Waals surface area contributed by atoms with Gasteiger partial charge in [-0.3, -0.25) is 0 Å². The van der Waals surface area contributed by atoms with Gasteiger partial charge in [0.2, 0.25) is 0 Å². The first-order valence-corrected chi connectivity index (χ1v) is 4.62. The van der Waals surface area contributed by atoms with Crippen molar-refractivity contribution in [2.75, 3.05) is 6.07 Å². The summed E-state index contributed by atoms with van der Waals surface area (Å²) in [5, 5.41) is 0.718. The number of alkyl halides is 1. The lowest BCUT2D eigenvalue weighted by Gasteiger charge is -2.02. The second kappa shape index (κ2) is 4.70. The SMILES string of the molecule is O=C(OCCl)c1ccc(Cl)cc1Cl. The molecule has 0 heterocycles. The Morgan fingerprint density at radius 1 is 1.38 bits per heavy atom. The van der Waals surface area contributed by atoms with Crippen molar-refractivity contribution in [1.82, 2.24) is 0 Å². The molecule has 0 N–H and O–H groups in total. The molecule has 0 aliphatic rings. The molecule has 13 heavy (non-hydrogen) atoms. The van der Waals surface area contributed by atoms with Crippen LogP contribution in [0.5, 0.6) is 0 Å². The number of hydrogen-bond donors (Lipinski definition) is 0. The Labute approximate surface area is 90.3 Å². The summed E-state index contributed by atoms with van der Waals surface area (Å²) in [6, 6.07) is 4.31. The molecule has 0 spiro atoms. The van der Waals surface area contributed by atoms with Gasteiger partial charge >= 0.3 is 5.97 Å². The molecule has 1 aromatic carbocycles. The van der Waals surface area contributed by atoms with Crippen LogP contribution < -0.4 is 0 Å². The van der Waals surface area contributed by atoms with Crippen molar-refractivity contribution in [3.63, 3.8) is 0 Å². The summed E-state index contributed by atoms with van der Waals surface area (Å²) in [7, 11) is 0. The molecule has 0 bridgehead atoms. The highest BCUT2D eigenvalue weighted by atomic mass is 35.5. The Hall–Kier alpha value is -0.440. The second-order valence-electron chi connectivity index (χ2n) is 2.17. The van der Waals surface area contributed by atoms with E-state index in [0.717, 1.165) is 0 Å². The highest BCUT2D eigenvalue weighted by Crippen LogP contribution is 2.21. The summed E-state index contributed by atoms with van der Waals surface area (Å²) in [6.45, 7) is 0. The molecule has 0 aromatic heterocycles. The van der Waals surface area contributed by atoms with Crippen LogP contribution in [0.4, 0.5) is 0 Å². The van der Waals surface area contributed by atoms with Gasteiger partial charge in [0, 0.05) is 5.02 Å². The van der Waals surface area contributed by atoms with E-state index in [2.05, 4.69) is 4.74 Å². The average Bonchev–Trinajstić information content (AvgIpc) is 2.04. The van der Waals surface area contributed by atoms with E-state index in [-0.39, 0.29) is 16.7 Å². The van der Waals surface area contributed by atoms with Crippen LogP contribution in [-0.2, 0) is 4.74 Å². The molecule has 2 nitrogen and oxygen atoms in total. The molecular weight excluding hydrogens is 234 g/mol. The van der Waals surface area contributed by atoms with Gasteiger partial charge in [-0.1, -0.05) is 34.8 Å². The quantitative estimate of drug-likeness (QED) is 0.584. The van der Waals surface area contributed by atoms with E-state index in [9.17, 15) is 4.79 Å². The van der Waals surface area contributed by atoms with Crippen LogP contribution in [-0.4, -0.2) is 12.0 Å². The first-order valence-electron chi connectivity index (χ1n) is 3.33. The van der Waals surface area contributed by atoms with Crippen molar-refractivity contribution >= 4 is 40.8 Å². The van der Waals surface area contributed by atoms with E-state index in [1.165, 1.54) is 12.1 Å². The number of ether oxygens (including phenoxy) is 1. The zero-order valence-corrected chi connectivity index (χ0v) is 8.66. The van der Waals surface area contributed by atoms with Gasteiger partial charge in [-0.15, -0.1) is 0 Å². The Kier molecular flexibility index (Phi) is 3.85. The minimum absolute atomic E-state index is 0.197. The first-order chi connectivity index (χ1) is 6.15. The van der Waals surface area contributed by atoms with Crippen molar-refractivity contribution < 1.29 is 9.53 Å². The molecule has 0 atom stereocenters. The standard InChI is InChI=1S/C8H5Cl3O2/c9-4-13-8(12)6-2-1-5(10)3-7(6)11/h1-3H,4H2. The maximum absolute atomic E-state index is 11.1. The van der Waals surface area contributed by atoms with Crippen LogP contribution in [0.15, 0.2) is 18.2 Å². The Bertz CT molecular complexity index is 325. The number of esters is 1. The second-order valence-corrected chi connectivity index (χ2v) is 3.23. The maximum atomic E-state index is 11.1. The molecule has 0 fully saturated rings. The molecule has 0 amide bonds. The summed E-state index contributed by atoms with van der Waals surface area (Å²) >= 11 is 16.6. The smallest absolute Gasteiger partial charge is 0.340 e. The molecule has 0 aliphatic carbocycles. The third-order valence-corrected chi connectivity index (χ3v) is 1.99. The molecule has 0 unspecified atom stereocenters. The summed E-state index contributed by atoms with van der Waals surface area (Å²) in [6.07, 6.45) is 0. The molecule has 0 aliphatic heterocycles. The fourth-order valence-corrected chi connectivity index (χ4v) is 1.37. The van der Waals surface area contributed by atoms with Crippen LogP contribution in [0.1, 0.15) is 10.4 Å². The zero-order valence-electron chi connectivity index (χ0n) is 6.39. The molecule has 1 aromatic rings. The van der Waals surface area contributed by atoms with E-state index >= 15 is 0 Å².